The Morgan fingerprint density at radius 1 is 1.18 bits per heavy atom. The van der Waals surface area contributed by atoms with Crippen LogP contribution in [0, 0.1) is 11.8 Å². The van der Waals surface area contributed by atoms with Crippen molar-refractivity contribution in [2.24, 2.45) is 11.8 Å². The van der Waals surface area contributed by atoms with Gasteiger partial charge in [-0.2, -0.15) is 0 Å². The largest absolute Gasteiger partial charge is 0.396 e. The van der Waals surface area contributed by atoms with E-state index in [0.717, 1.165) is 25.7 Å². The smallest absolute Gasteiger partial charge is 0.135 e. The first-order valence-corrected chi connectivity index (χ1v) is 6.76. The molecule has 0 fully saturated rings. The third-order valence-electron chi connectivity index (χ3n) is 3.18. The summed E-state index contributed by atoms with van der Waals surface area (Å²) >= 11 is 0. The van der Waals surface area contributed by atoms with E-state index in [1.54, 1.807) is 0 Å². The Balaban J connectivity index is 3.75. The lowest BCUT2D eigenvalue weighted by atomic mass is 9.99. The Kier molecular flexibility index (Phi) is 9.06. The van der Waals surface area contributed by atoms with Crippen molar-refractivity contribution in [1.82, 2.24) is 0 Å². The fraction of sp³-hybridized carbons (Fsp3) is 0.800. The molecule has 0 rings (SSSR count). The zero-order chi connectivity index (χ0) is 13.3. The summed E-state index contributed by atoms with van der Waals surface area (Å²) in [7, 11) is 0. The maximum atomic E-state index is 11.5. The Morgan fingerprint density at radius 2 is 1.82 bits per heavy atom. The SMILES string of the molecule is C/C(=C\CC[C@@H](C)CCO)CCC(=O)C(C)C. The van der Waals surface area contributed by atoms with E-state index < -0.39 is 0 Å². The number of hydrogen-bond donors (Lipinski definition) is 1. The lowest BCUT2D eigenvalue weighted by molar-refractivity contribution is -0.121. The number of ketones is 1. The highest BCUT2D eigenvalue weighted by atomic mass is 16.3. The van der Waals surface area contributed by atoms with Crippen LogP contribution in [0.5, 0.6) is 0 Å². The van der Waals surface area contributed by atoms with Crippen molar-refractivity contribution >= 4 is 5.78 Å². The molecule has 1 N–H and O–H groups in total. The molecular weight excluding hydrogens is 212 g/mol. The van der Waals surface area contributed by atoms with Crippen LogP contribution >= 0.6 is 0 Å². The average Bonchev–Trinajstić information content (AvgIpc) is 2.26. The molecule has 0 aliphatic carbocycles. The highest BCUT2D eigenvalue weighted by Crippen LogP contribution is 2.14. The molecule has 0 bridgehead atoms. The van der Waals surface area contributed by atoms with Crippen LogP contribution in [0.2, 0.25) is 0 Å². The number of rotatable bonds is 9. The van der Waals surface area contributed by atoms with Gasteiger partial charge in [0, 0.05) is 18.9 Å². The van der Waals surface area contributed by atoms with E-state index in [-0.39, 0.29) is 12.5 Å². The van der Waals surface area contributed by atoms with Crippen molar-refractivity contribution in [3.8, 4) is 0 Å². The minimum absolute atomic E-state index is 0.160. The summed E-state index contributed by atoms with van der Waals surface area (Å²) in [6.45, 7) is 8.47. The number of allylic oxidation sites excluding steroid dienone is 2. The summed E-state index contributed by atoms with van der Waals surface area (Å²) in [6.07, 6.45) is 6.87. The summed E-state index contributed by atoms with van der Waals surface area (Å²) < 4.78 is 0. The van der Waals surface area contributed by atoms with E-state index >= 15 is 0 Å². The van der Waals surface area contributed by atoms with Crippen molar-refractivity contribution in [1.29, 1.82) is 0 Å². The van der Waals surface area contributed by atoms with Gasteiger partial charge in [0.1, 0.15) is 5.78 Å². The summed E-state index contributed by atoms with van der Waals surface area (Å²) in [4.78, 5) is 11.5. The first kappa shape index (κ1) is 16.4. The van der Waals surface area contributed by atoms with Crippen molar-refractivity contribution in [2.45, 2.75) is 59.8 Å². The number of hydrogen-bond acceptors (Lipinski definition) is 2. The van der Waals surface area contributed by atoms with Crippen LogP contribution in [0.4, 0.5) is 0 Å². The minimum atomic E-state index is 0.160. The predicted molar refractivity (Wildman–Crippen MR) is 72.9 cm³/mol. The number of aliphatic hydroxyl groups is 1. The van der Waals surface area contributed by atoms with E-state index in [2.05, 4.69) is 19.9 Å². The Morgan fingerprint density at radius 3 is 2.35 bits per heavy atom. The molecule has 0 saturated heterocycles. The standard InChI is InChI=1S/C15H28O2/c1-12(2)15(17)9-8-13(3)6-5-7-14(4)10-11-16/h6,12,14,16H,5,7-11H2,1-4H3/b13-6+/t14-/m1/s1. The molecule has 1 atom stereocenters. The topological polar surface area (TPSA) is 37.3 Å². The summed E-state index contributed by atoms with van der Waals surface area (Å²) in [5, 5.41) is 8.79. The minimum Gasteiger partial charge on any atom is -0.396 e. The van der Waals surface area contributed by atoms with Gasteiger partial charge >= 0.3 is 0 Å². The van der Waals surface area contributed by atoms with Gasteiger partial charge in [-0.3, -0.25) is 4.79 Å². The molecule has 0 aromatic rings. The Hall–Kier alpha value is -0.630. The second-order valence-electron chi connectivity index (χ2n) is 5.37. The molecule has 0 aliphatic rings. The first-order chi connectivity index (χ1) is 7.97. The van der Waals surface area contributed by atoms with E-state index in [4.69, 9.17) is 5.11 Å². The number of carbonyl (C=O) groups excluding carboxylic acids is 1. The van der Waals surface area contributed by atoms with Crippen molar-refractivity contribution in [3.63, 3.8) is 0 Å². The van der Waals surface area contributed by atoms with Gasteiger partial charge in [0.05, 0.1) is 0 Å². The van der Waals surface area contributed by atoms with Crippen molar-refractivity contribution < 1.29 is 9.90 Å². The van der Waals surface area contributed by atoms with E-state index in [1.807, 2.05) is 13.8 Å². The Bertz CT molecular complexity index is 241. The average molecular weight is 240 g/mol. The molecule has 0 spiro atoms. The van der Waals surface area contributed by atoms with E-state index in [9.17, 15) is 4.79 Å². The number of carbonyl (C=O) groups is 1. The van der Waals surface area contributed by atoms with E-state index in [0.29, 0.717) is 18.1 Å². The normalized spacial score (nSPS) is 14.1. The molecule has 17 heavy (non-hydrogen) atoms. The molecule has 0 radical (unpaired) electrons. The van der Waals surface area contributed by atoms with Crippen molar-refractivity contribution in [2.75, 3.05) is 6.61 Å². The molecular formula is C15H28O2. The summed E-state index contributed by atoms with van der Waals surface area (Å²) in [6, 6.07) is 0. The molecule has 2 heteroatoms. The Labute approximate surface area is 106 Å². The van der Waals surface area contributed by atoms with Gasteiger partial charge in [0.25, 0.3) is 0 Å². The molecule has 0 unspecified atom stereocenters. The zero-order valence-corrected chi connectivity index (χ0v) is 11.8. The van der Waals surface area contributed by atoms with Crippen LogP contribution in [0.3, 0.4) is 0 Å². The van der Waals surface area contributed by atoms with Crippen molar-refractivity contribution in [3.05, 3.63) is 11.6 Å². The number of aliphatic hydroxyl groups excluding tert-OH is 1. The molecule has 0 aliphatic heterocycles. The quantitative estimate of drug-likeness (QED) is 0.623. The zero-order valence-electron chi connectivity index (χ0n) is 11.8. The molecule has 2 nitrogen and oxygen atoms in total. The highest BCUT2D eigenvalue weighted by molar-refractivity contribution is 5.80. The highest BCUT2D eigenvalue weighted by Gasteiger charge is 2.06. The molecule has 100 valence electrons. The molecule has 0 aromatic heterocycles. The van der Waals surface area contributed by atoms with Crippen LogP contribution in [0.1, 0.15) is 59.8 Å². The van der Waals surface area contributed by atoms with Crippen LogP contribution in [-0.4, -0.2) is 17.5 Å². The first-order valence-electron chi connectivity index (χ1n) is 6.76. The fourth-order valence-electron chi connectivity index (χ4n) is 1.69. The molecule has 0 saturated carbocycles. The second-order valence-corrected chi connectivity index (χ2v) is 5.37. The maximum Gasteiger partial charge on any atom is 0.135 e. The molecule has 0 amide bonds. The molecule has 0 aromatic carbocycles. The monoisotopic (exact) mass is 240 g/mol. The van der Waals surface area contributed by atoms with Gasteiger partial charge in [-0.15, -0.1) is 0 Å². The summed E-state index contributed by atoms with van der Waals surface area (Å²) in [5.41, 5.74) is 1.31. The van der Waals surface area contributed by atoms with Gasteiger partial charge in [-0.25, -0.2) is 0 Å². The predicted octanol–water partition coefficient (Wildman–Crippen LogP) is 3.74. The third-order valence-corrected chi connectivity index (χ3v) is 3.18. The van der Waals surface area contributed by atoms with Gasteiger partial charge in [0.2, 0.25) is 0 Å². The van der Waals surface area contributed by atoms with Crippen LogP contribution < -0.4 is 0 Å². The maximum absolute atomic E-state index is 11.5. The summed E-state index contributed by atoms with van der Waals surface area (Å²) in [5.74, 6) is 1.10. The lowest BCUT2D eigenvalue weighted by Gasteiger charge is -2.08. The van der Waals surface area contributed by atoms with Gasteiger partial charge in [-0.05, 0) is 38.5 Å². The van der Waals surface area contributed by atoms with Crippen LogP contribution in [-0.2, 0) is 4.79 Å². The van der Waals surface area contributed by atoms with Crippen LogP contribution in [0.25, 0.3) is 0 Å². The van der Waals surface area contributed by atoms with Gasteiger partial charge in [0.15, 0.2) is 0 Å². The van der Waals surface area contributed by atoms with Gasteiger partial charge in [-0.1, -0.05) is 32.4 Å². The molecule has 0 heterocycles. The third kappa shape index (κ3) is 9.11. The second kappa shape index (κ2) is 9.41. The van der Waals surface area contributed by atoms with E-state index in [1.165, 1.54) is 5.57 Å². The fourth-order valence-corrected chi connectivity index (χ4v) is 1.69. The number of Topliss-reactive ketones (excluding diaryl/α,β-unsaturated/α-hetero) is 1. The van der Waals surface area contributed by atoms with Crippen LogP contribution in [0.15, 0.2) is 11.6 Å². The van der Waals surface area contributed by atoms with Gasteiger partial charge < -0.3 is 5.11 Å². The lowest BCUT2D eigenvalue weighted by Crippen LogP contribution is -2.06.